The highest BCUT2D eigenvalue weighted by Crippen LogP contribution is 2.26. The van der Waals surface area contributed by atoms with Gasteiger partial charge in [0.05, 0.1) is 11.4 Å². The van der Waals surface area contributed by atoms with Gasteiger partial charge in [-0.25, -0.2) is 0 Å². The second-order valence-electron chi connectivity index (χ2n) is 6.53. The highest BCUT2D eigenvalue weighted by molar-refractivity contribution is 5.77. The van der Waals surface area contributed by atoms with Crippen molar-refractivity contribution in [2.45, 2.75) is 31.7 Å². The van der Waals surface area contributed by atoms with Crippen LogP contribution in [0.4, 0.5) is 11.4 Å². The van der Waals surface area contributed by atoms with Crippen LogP contribution in [0, 0.1) is 0 Å². The minimum Gasteiger partial charge on any atom is -0.397 e. The summed E-state index contributed by atoms with van der Waals surface area (Å²) >= 11 is 0. The third kappa shape index (κ3) is 3.91. The molecule has 5 heteroatoms. The third-order valence-corrected chi connectivity index (χ3v) is 4.52. The van der Waals surface area contributed by atoms with Crippen LogP contribution in [0.5, 0.6) is 0 Å². The summed E-state index contributed by atoms with van der Waals surface area (Å²) in [5.74, 6) is 0.157. The first kappa shape index (κ1) is 15.2. The van der Waals surface area contributed by atoms with Gasteiger partial charge in [-0.1, -0.05) is 6.07 Å². The molecule has 1 saturated carbocycles. The number of hydrogen-bond acceptors (Lipinski definition) is 4. The van der Waals surface area contributed by atoms with E-state index in [1.165, 1.54) is 0 Å². The zero-order chi connectivity index (χ0) is 15.5. The number of nitrogens with two attached hydrogens (primary N) is 1. The molecule has 1 saturated heterocycles. The van der Waals surface area contributed by atoms with Gasteiger partial charge in [0.25, 0.3) is 0 Å². The Morgan fingerprint density at radius 3 is 2.64 bits per heavy atom. The first-order valence-electron chi connectivity index (χ1n) is 8.23. The number of rotatable bonds is 5. The minimum absolute atomic E-state index is 0.157. The molecule has 120 valence electrons. The van der Waals surface area contributed by atoms with Crippen molar-refractivity contribution in [1.29, 1.82) is 0 Å². The number of aryl methyl sites for hydroxylation is 1. The van der Waals surface area contributed by atoms with Crippen LogP contribution in [-0.2, 0) is 11.2 Å². The Kier molecular flexibility index (Phi) is 4.52. The molecule has 2 fully saturated rings. The summed E-state index contributed by atoms with van der Waals surface area (Å²) in [4.78, 5) is 16.4. The summed E-state index contributed by atoms with van der Waals surface area (Å²) in [6.45, 7) is 4.18. The molecule has 1 heterocycles. The van der Waals surface area contributed by atoms with Crippen LogP contribution in [0.2, 0.25) is 0 Å². The highest BCUT2D eigenvalue weighted by atomic mass is 16.1. The molecular weight excluding hydrogens is 276 g/mol. The predicted molar refractivity (Wildman–Crippen MR) is 90.1 cm³/mol. The molecule has 0 aromatic heterocycles. The van der Waals surface area contributed by atoms with E-state index < -0.39 is 0 Å². The summed E-state index contributed by atoms with van der Waals surface area (Å²) in [6, 6.07) is 6.68. The monoisotopic (exact) mass is 302 g/mol. The molecule has 5 nitrogen and oxygen atoms in total. The number of likely N-dealkylation sites (N-methyl/N-ethyl adjacent to an activating group) is 1. The van der Waals surface area contributed by atoms with Crippen LogP contribution < -0.4 is 16.0 Å². The van der Waals surface area contributed by atoms with Crippen molar-refractivity contribution in [3.63, 3.8) is 0 Å². The van der Waals surface area contributed by atoms with Crippen LogP contribution in [0.3, 0.4) is 0 Å². The van der Waals surface area contributed by atoms with Gasteiger partial charge in [0.2, 0.25) is 5.91 Å². The Morgan fingerprint density at radius 1 is 1.27 bits per heavy atom. The number of nitrogen functional groups attached to an aromatic ring is 1. The summed E-state index contributed by atoms with van der Waals surface area (Å²) in [6.07, 6.45) is 3.58. The molecule has 0 unspecified atom stereocenters. The molecule has 1 amide bonds. The largest absolute Gasteiger partial charge is 0.397 e. The molecule has 3 rings (SSSR count). The summed E-state index contributed by atoms with van der Waals surface area (Å²) in [7, 11) is 2.15. The van der Waals surface area contributed by atoms with Gasteiger partial charge in [-0.05, 0) is 44.0 Å². The topological polar surface area (TPSA) is 61.6 Å². The van der Waals surface area contributed by atoms with Crippen molar-refractivity contribution in [3.05, 3.63) is 23.8 Å². The Hall–Kier alpha value is -1.75. The van der Waals surface area contributed by atoms with Gasteiger partial charge in [-0.3, -0.25) is 4.79 Å². The molecule has 0 radical (unpaired) electrons. The molecule has 22 heavy (non-hydrogen) atoms. The van der Waals surface area contributed by atoms with Crippen molar-refractivity contribution < 1.29 is 4.79 Å². The van der Waals surface area contributed by atoms with E-state index in [1.807, 2.05) is 6.07 Å². The summed E-state index contributed by atoms with van der Waals surface area (Å²) < 4.78 is 0. The van der Waals surface area contributed by atoms with Gasteiger partial charge < -0.3 is 20.9 Å². The lowest BCUT2D eigenvalue weighted by Gasteiger charge is -2.34. The standard InChI is InChI=1S/C17H26N4O/c1-20-8-10-21(11-9-20)16-6-2-13(12-15(16)18)3-7-17(22)19-14-4-5-14/h2,6,12,14H,3-5,7-11,18H2,1H3,(H,19,22). The van der Waals surface area contributed by atoms with E-state index in [2.05, 4.69) is 34.3 Å². The number of amides is 1. The summed E-state index contributed by atoms with van der Waals surface area (Å²) in [5, 5.41) is 3.02. The quantitative estimate of drug-likeness (QED) is 0.803. The van der Waals surface area contributed by atoms with E-state index in [4.69, 9.17) is 5.73 Å². The minimum atomic E-state index is 0.157. The first-order chi connectivity index (χ1) is 10.6. The second kappa shape index (κ2) is 6.57. The fourth-order valence-corrected chi connectivity index (χ4v) is 2.88. The Morgan fingerprint density at radius 2 is 2.00 bits per heavy atom. The maximum Gasteiger partial charge on any atom is 0.220 e. The van der Waals surface area contributed by atoms with Crippen LogP contribution in [0.25, 0.3) is 0 Å². The number of hydrogen-bond donors (Lipinski definition) is 2. The predicted octanol–water partition coefficient (Wildman–Crippen LogP) is 1.23. The molecule has 1 aromatic carbocycles. The number of piperazine rings is 1. The molecule has 0 atom stereocenters. The Bertz CT molecular complexity index is 533. The lowest BCUT2D eigenvalue weighted by molar-refractivity contribution is -0.121. The third-order valence-electron chi connectivity index (χ3n) is 4.52. The lowest BCUT2D eigenvalue weighted by atomic mass is 10.1. The first-order valence-corrected chi connectivity index (χ1v) is 8.23. The summed E-state index contributed by atoms with van der Waals surface area (Å²) in [5.41, 5.74) is 9.32. The van der Waals surface area contributed by atoms with Gasteiger partial charge in [-0.2, -0.15) is 0 Å². The highest BCUT2D eigenvalue weighted by Gasteiger charge is 2.23. The number of nitrogens with zero attached hydrogens (tertiary/aromatic N) is 2. The van der Waals surface area contributed by atoms with Crippen molar-refractivity contribution in [2.24, 2.45) is 0 Å². The van der Waals surface area contributed by atoms with Crippen molar-refractivity contribution in [3.8, 4) is 0 Å². The number of benzene rings is 1. The molecule has 0 spiro atoms. The van der Waals surface area contributed by atoms with Crippen molar-refractivity contribution in [2.75, 3.05) is 43.9 Å². The molecular formula is C17H26N4O. The van der Waals surface area contributed by atoms with Crippen LogP contribution in [0.1, 0.15) is 24.8 Å². The van der Waals surface area contributed by atoms with Crippen molar-refractivity contribution >= 4 is 17.3 Å². The average molecular weight is 302 g/mol. The van der Waals surface area contributed by atoms with Gasteiger partial charge in [0, 0.05) is 38.6 Å². The van der Waals surface area contributed by atoms with E-state index in [0.717, 1.165) is 62.4 Å². The van der Waals surface area contributed by atoms with Crippen molar-refractivity contribution in [1.82, 2.24) is 10.2 Å². The smallest absolute Gasteiger partial charge is 0.220 e. The van der Waals surface area contributed by atoms with Gasteiger partial charge in [0.1, 0.15) is 0 Å². The van der Waals surface area contributed by atoms with Crippen LogP contribution in [0.15, 0.2) is 18.2 Å². The van der Waals surface area contributed by atoms with E-state index in [1.54, 1.807) is 0 Å². The number of carbonyl (C=O) groups excluding carboxylic acids is 1. The zero-order valence-electron chi connectivity index (χ0n) is 13.3. The number of nitrogens with one attached hydrogen (secondary N) is 1. The van der Waals surface area contributed by atoms with Crippen LogP contribution in [-0.4, -0.2) is 50.1 Å². The molecule has 3 N–H and O–H groups in total. The Balaban J connectivity index is 1.55. The van der Waals surface area contributed by atoms with E-state index in [0.29, 0.717) is 12.5 Å². The Labute approximate surface area is 132 Å². The molecule has 1 aliphatic carbocycles. The molecule has 1 aromatic rings. The van der Waals surface area contributed by atoms with E-state index in [-0.39, 0.29) is 5.91 Å². The van der Waals surface area contributed by atoms with Gasteiger partial charge in [-0.15, -0.1) is 0 Å². The fraction of sp³-hybridized carbons (Fsp3) is 0.588. The second-order valence-corrected chi connectivity index (χ2v) is 6.53. The van der Waals surface area contributed by atoms with E-state index >= 15 is 0 Å². The fourth-order valence-electron chi connectivity index (χ4n) is 2.88. The zero-order valence-corrected chi connectivity index (χ0v) is 13.3. The van der Waals surface area contributed by atoms with Gasteiger partial charge >= 0.3 is 0 Å². The van der Waals surface area contributed by atoms with Crippen LogP contribution >= 0.6 is 0 Å². The average Bonchev–Trinajstić information content (AvgIpc) is 3.30. The maximum atomic E-state index is 11.7. The molecule has 1 aliphatic heterocycles. The SMILES string of the molecule is CN1CCN(c2ccc(CCC(=O)NC3CC3)cc2N)CC1. The maximum absolute atomic E-state index is 11.7. The van der Waals surface area contributed by atoms with Gasteiger partial charge in [0.15, 0.2) is 0 Å². The number of carbonyl (C=O) groups is 1. The molecule has 0 bridgehead atoms. The number of anilines is 2. The lowest BCUT2D eigenvalue weighted by Crippen LogP contribution is -2.44. The molecule has 2 aliphatic rings. The normalized spacial score (nSPS) is 19.2. The van der Waals surface area contributed by atoms with E-state index in [9.17, 15) is 4.79 Å².